The van der Waals surface area contributed by atoms with Gasteiger partial charge in [0, 0.05) is 12.6 Å². The van der Waals surface area contributed by atoms with E-state index in [9.17, 15) is 5.11 Å². The Hall–Kier alpha value is -0.900. The third-order valence-corrected chi connectivity index (χ3v) is 4.13. The van der Waals surface area contributed by atoms with E-state index in [-0.39, 0.29) is 0 Å². The predicted molar refractivity (Wildman–Crippen MR) is 74.2 cm³/mol. The summed E-state index contributed by atoms with van der Waals surface area (Å²) in [6.07, 6.45) is 3.29. The third kappa shape index (κ3) is 3.10. The Morgan fingerprint density at radius 2 is 2.06 bits per heavy atom. The molecule has 1 aliphatic rings. The van der Waals surface area contributed by atoms with Gasteiger partial charge in [-0.2, -0.15) is 0 Å². The van der Waals surface area contributed by atoms with Gasteiger partial charge in [0.1, 0.15) is 0 Å². The summed E-state index contributed by atoms with van der Waals surface area (Å²) in [4.78, 5) is 2.28. The molecule has 18 heavy (non-hydrogen) atoms. The van der Waals surface area contributed by atoms with Gasteiger partial charge in [-0.05, 0) is 37.9 Å². The average molecular weight is 248 g/mol. The number of hydrogen-bond donors (Lipinski definition) is 2. The van der Waals surface area contributed by atoms with E-state index in [1.165, 1.54) is 19.3 Å². The lowest BCUT2D eigenvalue weighted by Gasteiger charge is -2.30. The van der Waals surface area contributed by atoms with Crippen LogP contribution in [-0.2, 0) is 0 Å². The lowest BCUT2D eigenvalue weighted by atomic mass is 10.0. The van der Waals surface area contributed by atoms with Crippen LogP contribution in [0, 0.1) is 5.92 Å². The van der Waals surface area contributed by atoms with Gasteiger partial charge in [-0.1, -0.05) is 36.8 Å². The van der Waals surface area contributed by atoms with Gasteiger partial charge >= 0.3 is 0 Å². The van der Waals surface area contributed by atoms with Crippen LogP contribution in [0.4, 0.5) is 0 Å². The Balaban J connectivity index is 1.93. The Kier molecular flexibility index (Phi) is 4.75. The maximum Gasteiger partial charge on any atom is 0.0916 e. The zero-order valence-corrected chi connectivity index (χ0v) is 11.1. The van der Waals surface area contributed by atoms with Gasteiger partial charge in [-0.3, -0.25) is 0 Å². The van der Waals surface area contributed by atoms with Crippen molar-refractivity contribution < 1.29 is 5.11 Å². The highest BCUT2D eigenvalue weighted by Gasteiger charge is 2.30. The quantitative estimate of drug-likeness (QED) is 0.835. The first-order chi connectivity index (χ1) is 8.72. The van der Waals surface area contributed by atoms with Crippen molar-refractivity contribution in [2.75, 3.05) is 20.1 Å². The highest BCUT2D eigenvalue weighted by atomic mass is 16.3. The minimum atomic E-state index is -0.407. The van der Waals surface area contributed by atoms with Crippen molar-refractivity contribution >= 4 is 0 Å². The van der Waals surface area contributed by atoms with Crippen LogP contribution >= 0.6 is 0 Å². The molecule has 1 aromatic rings. The van der Waals surface area contributed by atoms with E-state index < -0.39 is 6.10 Å². The van der Waals surface area contributed by atoms with Crippen LogP contribution in [0.25, 0.3) is 0 Å². The molecule has 3 nitrogen and oxygen atoms in total. The first-order valence-corrected chi connectivity index (χ1v) is 6.85. The van der Waals surface area contributed by atoms with Gasteiger partial charge < -0.3 is 15.7 Å². The first kappa shape index (κ1) is 13.5. The number of nitrogens with two attached hydrogens (primary N) is 1. The Bertz CT molecular complexity index is 355. The average Bonchev–Trinajstić information content (AvgIpc) is 2.88. The molecule has 0 bridgehead atoms. The van der Waals surface area contributed by atoms with Crippen molar-refractivity contribution in [3.63, 3.8) is 0 Å². The molecule has 0 heterocycles. The lowest BCUT2D eigenvalue weighted by Crippen LogP contribution is -2.39. The van der Waals surface area contributed by atoms with Gasteiger partial charge in [0.05, 0.1) is 6.10 Å². The Morgan fingerprint density at radius 3 is 2.72 bits per heavy atom. The van der Waals surface area contributed by atoms with E-state index in [4.69, 9.17) is 5.73 Å². The number of nitrogens with zero attached hydrogens (tertiary/aromatic N) is 1. The molecule has 0 radical (unpaired) electrons. The molecule has 1 aromatic carbocycles. The van der Waals surface area contributed by atoms with Gasteiger partial charge in [0.15, 0.2) is 0 Å². The Morgan fingerprint density at radius 1 is 1.33 bits per heavy atom. The number of aliphatic hydroxyl groups excluding tert-OH is 1. The van der Waals surface area contributed by atoms with Gasteiger partial charge in [0.25, 0.3) is 0 Å². The van der Waals surface area contributed by atoms with Crippen LogP contribution in [0.3, 0.4) is 0 Å². The molecule has 0 aliphatic heterocycles. The van der Waals surface area contributed by atoms with Crippen LogP contribution in [-0.4, -0.2) is 36.2 Å². The van der Waals surface area contributed by atoms with Gasteiger partial charge in [-0.25, -0.2) is 0 Å². The van der Waals surface area contributed by atoms with Gasteiger partial charge in [0.2, 0.25) is 0 Å². The number of likely N-dealkylation sites (N-methyl/N-ethyl adjacent to an activating group) is 1. The van der Waals surface area contributed by atoms with Crippen LogP contribution in [0.15, 0.2) is 30.3 Å². The first-order valence-electron chi connectivity index (χ1n) is 6.85. The van der Waals surface area contributed by atoms with E-state index in [1.807, 2.05) is 30.3 Å². The molecular weight excluding hydrogens is 224 g/mol. The van der Waals surface area contributed by atoms with Crippen molar-refractivity contribution in [3.8, 4) is 0 Å². The summed E-state index contributed by atoms with van der Waals surface area (Å²) in [7, 11) is 2.10. The summed E-state index contributed by atoms with van der Waals surface area (Å²) in [5.74, 6) is 0.595. The lowest BCUT2D eigenvalue weighted by molar-refractivity contribution is 0.0930. The van der Waals surface area contributed by atoms with Gasteiger partial charge in [-0.15, -0.1) is 0 Å². The molecule has 0 spiro atoms. The number of hydrogen-bond acceptors (Lipinski definition) is 3. The molecule has 3 heteroatoms. The van der Waals surface area contributed by atoms with Crippen LogP contribution in [0.2, 0.25) is 0 Å². The molecule has 100 valence electrons. The number of aliphatic hydroxyl groups is 1. The molecule has 0 saturated heterocycles. The summed E-state index contributed by atoms with van der Waals surface area (Å²) in [5, 5.41) is 10.2. The Labute approximate surface area is 110 Å². The minimum Gasteiger partial charge on any atom is -0.387 e. The van der Waals surface area contributed by atoms with Crippen LogP contribution in [0.1, 0.15) is 30.9 Å². The molecule has 0 amide bonds. The van der Waals surface area contributed by atoms with Crippen molar-refractivity contribution in [1.29, 1.82) is 0 Å². The molecule has 0 aromatic heterocycles. The molecule has 1 aliphatic carbocycles. The summed E-state index contributed by atoms with van der Waals surface area (Å²) >= 11 is 0. The second kappa shape index (κ2) is 6.32. The molecular formula is C15H24N2O. The highest BCUT2D eigenvalue weighted by molar-refractivity contribution is 5.17. The van der Waals surface area contributed by atoms with Crippen molar-refractivity contribution in [3.05, 3.63) is 35.9 Å². The molecule has 2 rings (SSSR count). The summed E-state index contributed by atoms with van der Waals surface area (Å²) in [6.45, 7) is 1.45. The van der Waals surface area contributed by atoms with E-state index in [2.05, 4.69) is 11.9 Å². The molecule has 1 saturated carbocycles. The minimum absolute atomic E-state index is 0.407. The predicted octanol–water partition coefficient (Wildman–Crippen LogP) is 1.78. The van der Waals surface area contributed by atoms with Crippen LogP contribution in [0.5, 0.6) is 0 Å². The number of benzene rings is 1. The van der Waals surface area contributed by atoms with Crippen LogP contribution < -0.4 is 5.73 Å². The maximum atomic E-state index is 10.2. The zero-order chi connectivity index (χ0) is 13.0. The SMILES string of the molecule is CN(CC(O)c1ccccc1)C1CCCC1CN. The topological polar surface area (TPSA) is 49.5 Å². The smallest absolute Gasteiger partial charge is 0.0916 e. The maximum absolute atomic E-state index is 10.2. The molecule has 3 atom stereocenters. The van der Waals surface area contributed by atoms with E-state index in [1.54, 1.807) is 0 Å². The fourth-order valence-corrected chi connectivity index (χ4v) is 3.06. The monoisotopic (exact) mass is 248 g/mol. The zero-order valence-electron chi connectivity index (χ0n) is 11.1. The van der Waals surface area contributed by atoms with Crippen molar-refractivity contribution in [2.45, 2.75) is 31.4 Å². The summed E-state index contributed by atoms with van der Waals surface area (Å²) in [5.41, 5.74) is 6.81. The van der Waals surface area contributed by atoms with E-state index in [0.717, 1.165) is 12.1 Å². The van der Waals surface area contributed by atoms with Crippen molar-refractivity contribution in [1.82, 2.24) is 4.90 Å². The highest BCUT2D eigenvalue weighted by Crippen LogP contribution is 2.29. The normalized spacial score (nSPS) is 25.6. The number of rotatable bonds is 5. The molecule has 3 unspecified atom stereocenters. The summed E-state index contributed by atoms with van der Waals surface area (Å²) in [6, 6.07) is 10.4. The van der Waals surface area contributed by atoms with E-state index >= 15 is 0 Å². The second-order valence-electron chi connectivity index (χ2n) is 5.36. The summed E-state index contributed by atoms with van der Waals surface area (Å²) < 4.78 is 0. The third-order valence-electron chi connectivity index (χ3n) is 4.13. The van der Waals surface area contributed by atoms with E-state index in [0.29, 0.717) is 18.5 Å². The fourth-order valence-electron chi connectivity index (χ4n) is 3.06. The largest absolute Gasteiger partial charge is 0.387 e. The standard InChI is InChI=1S/C15H24N2O/c1-17(14-9-5-8-13(14)10-16)11-15(18)12-6-3-2-4-7-12/h2-4,6-7,13-15,18H,5,8-11,16H2,1H3. The fraction of sp³-hybridized carbons (Fsp3) is 0.600. The second-order valence-corrected chi connectivity index (χ2v) is 5.36. The van der Waals surface area contributed by atoms with Crippen molar-refractivity contribution in [2.24, 2.45) is 11.7 Å². The molecule has 1 fully saturated rings. The molecule has 3 N–H and O–H groups in total.